The zero-order valence-corrected chi connectivity index (χ0v) is 16.9. The fraction of sp³-hybridized carbons (Fsp3) is 0.520. The van der Waals surface area contributed by atoms with Gasteiger partial charge in [0.15, 0.2) is 0 Å². The van der Waals surface area contributed by atoms with Crippen molar-refractivity contribution in [2.24, 2.45) is 0 Å². The summed E-state index contributed by atoms with van der Waals surface area (Å²) in [7, 11) is 0. The van der Waals surface area contributed by atoms with Gasteiger partial charge >= 0.3 is 0 Å². The lowest BCUT2D eigenvalue weighted by Crippen LogP contribution is -2.28. The number of aryl methyl sites for hydroxylation is 2. The average molecular weight is 367 g/mol. The summed E-state index contributed by atoms with van der Waals surface area (Å²) in [5.74, 6) is 0.736. The second-order valence-electron chi connectivity index (χ2n) is 8.41. The van der Waals surface area contributed by atoms with E-state index in [1.54, 1.807) is 0 Å². The highest BCUT2D eigenvalue weighted by Gasteiger charge is 2.34. The molecule has 2 aromatic rings. The molecule has 2 N–H and O–H groups in total. The molecular weight excluding hydrogens is 332 g/mol. The minimum Gasteiger partial charge on any atom is -0.508 e. The van der Waals surface area contributed by atoms with Gasteiger partial charge in [0.25, 0.3) is 0 Å². The van der Waals surface area contributed by atoms with Crippen molar-refractivity contribution in [2.75, 3.05) is 0 Å². The van der Waals surface area contributed by atoms with Crippen molar-refractivity contribution < 1.29 is 10.2 Å². The van der Waals surface area contributed by atoms with Crippen LogP contribution in [-0.2, 0) is 5.41 Å². The summed E-state index contributed by atoms with van der Waals surface area (Å²) < 4.78 is 0. The fourth-order valence-electron chi connectivity index (χ4n) is 4.69. The summed E-state index contributed by atoms with van der Waals surface area (Å²) in [6, 6.07) is 12.3. The molecule has 0 bridgehead atoms. The molecule has 0 radical (unpaired) electrons. The molecule has 0 amide bonds. The van der Waals surface area contributed by atoms with E-state index in [-0.39, 0.29) is 5.41 Å². The smallest absolute Gasteiger partial charge is 0.118 e. The first-order chi connectivity index (χ1) is 13.0. The van der Waals surface area contributed by atoms with Crippen molar-refractivity contribution in [3.05, 3.63) is 58.7 Å². The van der Waals surface area contributed by atoms with Crippen LogP contribution in [0.4, 0.5) is 0 Å². The molecular formula is C25H34O2. The molecule has 0 atom stereocenters. The van der Waals surface area contributed by atoms with E-state index >= 15 is 0 Å². The van der Waals surface area contributed by atoms with Gasteiger partial charge in [-0.3, -0.25) is 0 Å². The SMILES string of the molecule is Cc1cc(C2(c3ccc(O)c(C)c3)CCCCCCCCCC2)ccc1O. The molecule has 0 aliphatic heterocycles. The van der Waals surface area contributed by atoms with E-state index in [0.717, 1.165) is 24.0 Å². The Morgan fingerprint density at radius 2 is 0.963 bits per heavy atom. The second kappa shape index (κ2) is 8.82. The molecule has 1 fully saturated rings. The Hall–Kier alpha value is -1.96. The lowest BCUT2D eigenvalue weighted by Gasteiger charge is -2.36. The fourth-order valence-corrected chi connectivity index (χ4v) is 4.69. The normalized spacial score (nSPS) is 18.6. The maximum Gasteiger partial charge on any atom is 0.118 e. The van der Waals surface area contributed by atoms with Crippen molar-refractivity contribution in [3.63, 3.8) is 0 Å². The minimum atomic E-state index is -0.0404. The lowest BCUT2D eigenvalue weighted by molar-refractivity contribution is 0.398. The molecule has 0 heterocycles. The van der Waals surface area contributed by atoms with Gasteiger partial charge in [-0.05, 0) is 61.1 Å². The van der Waals surface area contributed by atoms with Crippen LogP contribution >= 0.6 is 0 Å². The Morgan fingerprint density at radius 1 is 0.593 bits per heavy atom. The molecule has 0 aromatic heterocycles. The third kappa shape index (κ3) is 4.48. The average Bonchev–Trinajstić information content (AvgIpc) is 2.71. The Morgan fingerprint density at radius 3 is 1.33 bits per heavy atom. The van der Waals surface area contributed by atoms with Crippen LogP contribution in [0.1, 0.15) is 86.5 Å². The summed E-state index contributed by atoms with van der Waals surface area (Å²) in [6.07, 6.45) is 12.7. The van der Waals surface area contributed by atoms with E-state index < -0.39 is 0 Å². The van der Waals surface area contributed by atoms with Crippen molar-refractivity contribution in [1.82, 2.24) is 0 Å². The van der Waals surface area contributed by atoms with Crippen molar-refractivity contribution in [3.8, 4) is 11.5 Å². The van der Waals surface area contributed by atoms with Crippen LogP contribution in [0.2, 0.25) is 0 Å². The third-order valence-electron chi connectivity index (χ3n) is 6.46. The number of phenols is 2. The standard InChI is InChI=1S/C25H34O2/c1-19-17-21(11-13-23(19)26)25(22-12-14-24(27)20(2)18-22)15-9-7-5-3-4-6-8-10-16-25/h11-14,17-18,26-27H,3-10,15-16H2,1-2H3. The monoisotopic (exact) mass is 366 g/mol. The highest BCUT2D eigenvalue weighted by molar-refractivity contribution is 5.47. The molecule has 2 aromatic carbocycles. The van der Waals surface area contributed by atoms with E-state index in [2.05, 4.69) is 24.3 Å². The third-order valence-corrected chi connectivity index (χ3v) is 6.46. The molecule has 2 nitrogen and oxygen atoms in total. The zero-order chi connectivity index (χ0) is 19.3. The van der Waals surface area contributed by atoms with Gasteiger partial charge in [0.05, 0.1) is 0 Å². The van der Waals surface area contributed by atoms with Crippen molar-refractivity contribution in [1.29, 1.82) is 0 Å². The van der Waals surface area contributed by atoms with Gasteiger partial charge in [0.1, 0.15) is 11.5 Å². The van der Waals surface area contributed by atoms with Gasteiger partial charge < -0.3 is 10.2 Å². The number of hydrogen-bond donors (Lipinski definition) is 2. The Labute approximate surface area is 164 Å². The maximum absolute atomic E-state index is 10.1. The number of hydrogen-bond acceptors (Lipinski definition) is 2. The molecule has 0 saturated heterocycles. The molecule has 1 aliphatic carbocycles. The molecule has 3 rings (SSSR count). The first kappa shape index (κ1) is 19.8. The van der Waals surface area contributed by atoms with Crippen LogP contribution in [0.15, 0.2) is 36.4 Å². The minimum absolute atomic E-state index is 0.0404. The van der Waals surface area contributed by atoms with Crippen LogP contribution in [-0.4, -0.2) is 10.2 Å². The van der Waals surface area contributed by atoms with Gasteiger partial charge in [-0.25, -0.2) is 0 Å². The summed E-state index contributed by atoms with van der Waals surface area (Å²) in [5.41, 5.74) is 4.46. The molecule has 1 aliphatic rings. The molecule has 0 spiro atoms. The number of benzene rings is 2. The maximum atomic E-state index is 10.1. The second-order valence-corrected chi connectivity index (χ2v) is 8.41. The predicted molar refractivity (Wildman–Crippen MR) is 113 cm³/mol. The van der Waals surface area contributed by atoms with Crippen LogP contribution in [0, 0.1) is 13.8 Å². The number of rotatable bonds is 2. The van der Waals surface area contributed by atoms with Gasteiger partial charge in [-0.2, -0.15) is 0 Å². The van der Waals surface area contributed by atoms with Crippen molar-refractivity contribution >= 4 is 0 Å². The van der Waals surface area contributed by atoms with E-state index in [0.29, 0.717) is 11.5 Å². The first-order valence-electron chi connectivity index (χ1n) is 10.6. The van der Waals surface area contributed by atoms with E-state index in [1.807, 2.05) is 26.0 Å². The molecule has 146 valence electrons. The molecule has 27 heavy (non-hydrogen) atoms. The van der Waals surface area contributed by atoms with E-state index in [4.69, 9.17) is 0 Å². The van der Waals surface area contributed by atoms with Crippen LogP contribution in [0.25, 0.3) is 0 Å². The first-order valence-corrected chi connectivity index (χ1v) is 10.6. The molecule has 0 unspecified atom stereocenters. The van der Waals surface area contributed by atoms with Gasteiger partial charge in [-0.15, -0.1) is 0 Å². The van der Waals surface area contributed by atoms with Crippen LogP contribution in [0.5, 0.6) is 11.5 Å². The summed E-state index contributed by atoms with van der Waals surface area (Å²) in [5, 5.41) is 20.1. The molecule has 1 saturated carbocycles. The highest BCUT2D eigenvalue weighted by atomic mass is 16.3. The zero-order valence-electron chi connectivity index (χ0n) is 16.9. The topological polar surface area (TPSA) is 40.5 Å². The molecule has 2 heteroatoms. The number of aromatic hydroxyl groups is 2. The Kier molecular flexibility index (Phi) is 6.46. The van der Waals surface area contributed by atoms with E-state index in [1.165, 1.54) is 62.5 Å². The highest BCUT2D eigenvalue weighted by Crippen LogP contribution is 2.44. The Bertz CT molecular complexity index is 697. The van der Waals surface area contributed by atoms with Gasteiger partial charge in [-0.1, -0.05) is 75.6 Å². The van der Waals surface area contributed by atoms with E-state index in [9.17, 15) is 10.2 Å². The Balaban J connectivity index is 2.09. The number of phenolic OH excluding ortho intramolecular Hbond substituents is 2. The summed E-state index contributed by atoms with van der Waals surface area (Å²) in [6.45, 7) is 3.97. The predicted octanol–water partition coefficient (Wildman–Crippen LogP) is 6.92. The lowest BCUT2D eigenvalue weighted by atomic mass is 9.67. The van der Waals surface area contributed by atoms with Gasteiger partial charge in [0, 0.05) is 5.41 Å². The van der Waals surface area contributed by atoms with Crippen LogP contribution < -0.4 is 0 Å². The van der Waals surface area contributed by atoms with Crippen LogP contribution in [0.3, 0.4) is 0 Å². The van der Waals surface area contributed by atoms with Gasteiger partial charge in [0.2, 0.25) is 0 Å². The largest absolute Gasteiger partial charge is 0.508 e. The summed E-state index contributed by atoms with van der Waals surface area (Å²) in [4.78, 5) is 0. The van der Waals surface area contributed by atoms with Crippen molar-refractivity contribution in [2.45, 2.75) is 83.5 Å². The summed E-state index contributed by atoms with van der Waals surface area (Å²) >= 11 is 0. The quantitative estimate of drug-likeness (QED) is 0.606.